The summed E-state index contributed by atoms with van der Waals surface area (Å²) in [6, 6.07) is 0.890. The molecule has 0 N–H and O–H groups in total. The van der Waals surface area contributed by atoms with E-state index in [1.165, 1.54) is 18.4 Å². The summed E-state index contributed by atoms with van der Waals surface area (Å²) in [5.74, 6) is 2.29. The van der Waals surface area contributed by atoms with Crippen LogP contribution in [0, 0.1) is 0 Å². The Labute approximate surface area is 131 Å². The van der Waals surface area contributed by atoms with Gasteiger partial charge in [0.25, 0.3) is 0 Å². The Bertz CT molecular complexity index is 706. The highest BCUT2D eigenvalue weighted by Crippen LogP contribution is 2.42. The third-order valence-electron chi connectivity index (χ3n) is 4.94. The van der Waals surface area contributed by atoms with E-state index < -0.39 is 0 Å². The van der Waals surface area contributed by atoms with Gasteiger partial charge in [0.15, 0.2) is 17.2 Å². The van der Waals surface area contributed by atoms with Crippen molar-refractivity contribution in [2.45, 2.75) is 71.1 Å². The molecule has 3 heterocycles. The molecule has 118 valence electrons. The van der Waals surface area contributed by atoms with Gasteiger partial charge in [-0.15, -0.1) is 0 Å². The van der Waals surface area contributed by atoms with Gasteiger partial charge >= 0.3 is 0 Å². The number of fused-ring (bicyclic) bond motifs is 3. The van der Waals surface area contributed by atoms with Gasteiger partial charge in [0.1, 0.15) is 6.10 Å². The lowest BCUT2D eigenvalue weighted by Crippen LogP contribution is -2.50. The number of hydrogen-bond donors (Lipinski definition) is 0. The summed E-state index contributed by atoms with van der Waals surface area (Å²) in [5, 5.41) is 4.46. The number of rotatable bonds is 2. The van der Waals surface area contributed by atoms with Gasteiger partial charge < -0.3 is 9.64 Å². The Morgan fingerprint density at radius 3 is 2.77 bits per heavy atom. The molecule has 0 bridgehead atoms. The minimum atomic E-state index is 0.300. The predicted molar refractivity (Wildman–Crippen MR) is 86.7 cm³/mol. The number of aromatic nitrogens is 3. The molecule has 1 saturated carbocycles. The molecule has 1 aliphatic carbocycles. The molecular weight excluding hydrogens is 276 g/mol. The molecule has 2 aromatic heterocycles. The Balaban J connectivity index is 1.90. The zero-order valence-electron chi connectivity index (χ0n) is 13.8. The summed E-state index contributed by atoms with van der Waals surface area (Å²) >= 11 is 0. The second-order valence-corrected chi connectivity index (χ2v) is 7.11. The number of nitrogens with zero attached hydrogens (tertiary/aromatic N) is 4. The van der Waals surface area contributed by atoms with E-state index in [4.69, 9.17) is 9.72 Å². The molecule has 0 amide bonds. The number of anilines is 1. The molecule has 1 aliphatic heterocycles. The van der Waals surface area contributed by atoms with Gasteiger partial charge in [-0.3, -0.25) is 0 Å². The van der Waals surface area contributed by atoms with Crippen molar-refractivity contribution in [2.75, 3.05) is 4.90 Å². The molecule has 0 spiro atoms. The fourth-order valence-corrected chi connectivity index (χ4v) is 3.89. The molecule has 5 heteroatoms. The van der Waals surface area contributed by atoms with E-state index in [-0.39, 0.29) is 0 Å². The van der Waals surface area contributed by atoms with E-state index in [1.807, 2.05) is 16.9 Å². The largest absolute Gasteiger partial charge is 0.483 e. The molecule has 0 radical (unpaired) electrons. The molecule has 22 heavy (non-hydrogen) atoms. The molecule has 2 aliphatic rings. The zero-order valence-corrected chi connectivity index (χ0v) is 13.8. The smallest absolute Gasteiger partial charge is 0.180 e. The van der Waals surface area contributed by atoms with Crippen LogP contribution in [0.3, 0.4) is 0 Å². The van der Waals surface area contributed by atoms with Crippen molar-refractivity contribution in [1.29, 1.82) is 0 Å². The quantitative estimate of drug-likeness (QED) is 0.852. The molecule has 0 aromatic carbocycles. The van der Waals surface area contributed by atoms with Gasteiger partial charge in [0.05, 0.1) is 18.4 Å². The van der Waals surface area contributed by atoms with Crippen LogP contribution in [-0.4, -0.2) is 32.8 Å². The topological polar surface area (TPSA) is 42.7 Å². The summed E-state index contributed by atoms with van der Waals surface area (Å²) in [4.78, 5) is 7.43. The first-order valence-corrected chi connectivity index (χ1v) is 8.39. The highest BCUT2D eigenvalue weighted by atomic mass is 16.5. The monoisotopic (exact) mass is 300 g/mol. The summed E-state index contributed by atoms with van der Waals surface area (Å²) in [5.41, 5.74) is 2.15. The first-order chi connectivity index (χ1) is 10.6. The van der Waals surface area contributed by atoms with Crippen LogP contribution in [0.25, 0.3) is 5.65 Å². The van der Waals surface area contributed by atoms with Crippen LogP contribution in [0.4, 0.5) is 5.82 Å². The third-order valence-corrected chi connectivity index (χ3v) is 4.94. The van der Waals surface area contributed by atoms with Crippen LogP contribution in [-0.2, 0) is 0 Å². The van der Waals surface area contributed by atoms with Crippen LogP contribution in [0.2, 0.25) is 0 Å². The predicted octanol–water partition coefficient (Wildman–Crippen LogP) is 3.38. The SMILES string of the molecule is CC(C)c1cnn2cc3c(nc12)N(C(C)C)C1CCCC1O3. The van der Waals surface area contributed by atoms with E-state index >= 15 is 0 Å². The first kappa shape index (κ1) is 13.9. The molecule has 1 fully saturated rings. The second kappa shape index (κ2) is 4.86. The maximum atomic E-state index is 6.25. The van der Waals surface area contributed by atoms with Crippen LogP contribution in [0.5, 0.6) is 5.75 Å². The summed E-state index contributed by atoms with van der Waals surface area (Å²) in [6.45, 7) is 8.86. The van der Waals surface area contributed by atoms with E-state index in [1.54, 1.807) is 0 Å². The standard InChI is InChI=1S/C17H24N4O/c1-10(2)12-8-18-20-9-15-17(19-16(12)20)21(11(3)4)13-6-5-7-14(13)22-15/h8-11,13-14H,5-7H2,1-4H3. The highest BCUT2D eigenvalue weighted by Gasteiger charge is 2.41. The van der Waals surface area contributed by atoms with Gasteiger partial charge in [-0.05, 0) is 39.0 Å². The van der Waals surface area contributed by atoms with E-state index in [0.29, 0.717) is 24.1 Å². The van der Waals surface area contributed by atoms with Gasteiger partial charge in [-0.1, -0.05) is 13.8 Å². The average molecular weight is 300 g/mol. The highest BCUT2D eigenvalue weighted by molar-refractivity contribution is 5.62. The van der Waals surface area contributed by atoms with Crippen molar-refractivity contribution >= 4 is 11.5 Å². The van der Waals surface area contributed by atoms with Crippen LogP contribution in [0.1, 0.15) is 58.4 Å². The molecule has 4 rings (SSSR count). The third kappa shape index (κ3) is 1.91. The van der Waals surface area contributed by atoms with E-state index in [2.05, 4.69) is 37.7 Å². The number of hydrogen-bond acceptors (Lipinski definition) is 4. The lowest BCUT2D eigenvalue weighted by atomic mass is 10.1. The molecule has 2 aromatic rings. The maximum absolute atomic E-state index is 6.25. The van der Waals surface area contributed by atoms with E-state index in [0.717, 1.165) is 23.6 Å². The molecule has 2 unspecified atom stereocenters. The molecule has 2 atom stereocenters. The fourth-order valence-electron chi connectivity index (χ4n) is 3.89. The van der Waals surface area contributed by atoms with Crippen molar-refractivity contribution in [1.82, 2.24) is 14.6 Å². The van der Waals surface area contributed by atoms with Crippen molar-refractivity contribution in [3.05, 3.63) is 18.0 Å². The lowest BCUT2D eigenvalue weighted by molar-refractivity contribution is 0.165. The van der Waals surface area contributed by atoms with Crippen LogP contribution in [0.15, 0.2) is 12.4 Å². The van der Waals surface area contributed by atoms with Gasteiger partial charge in [0.2, 0.25) is 0 Å². The summed E-state index contributed by atoms with van der Waals surface area (Å²) in [7, 11) is 0. The Hall–Kier alpha value is -1.78. The van der Waals surface area contributed by atoms with Crippen molar-refractivity contribution < 1.29 is 4.74 Å². The van der Waals surface area contributed by atoms with Crippen molar-refractivity contribution in [3.63, 3.8) is 0 Å². The first-order valence-electron chi connectivity index (χ1n) is 8.39. The average Bonchev–Trinajstić information content (AvgIpc) is 3.07. The Morgan fingerprint density at radius 1 is 1.23 bits per heavy atom. The Kier molecular flexibility index (Phi) is 3.06. The summed E-state index contributed by atoms with van der Waals surface area (Å²) < 4.78 is 8.11. The van der Waals surface area contributed by atoms with Crippen LogP contribution >= 0.6 is 0 Å². The minimum absolute atomic E-state index is 0.300. The summed E-state index contributed by atoms with van der Waals surface area (Å²) in [6.07, 6.45) is 7.81. The number of ether oxygens (including phenoxy) is 1. The molecule has 0 saturated heterocycles. The van der Waals surface area contributed by atoms with Gasteiger partial charge in [-0.2, -0.15) is 5.10 Å². The maximum Gasteiger partial charge on any atom is 0.180 e. The van der Waals surface area contributed by atoms with E-state index in [9.17, 15) is 0 Å². The lowest BCUT2D eigenvalue weighted by Gasteiger charge is -2.42. The normalized spacial score (nSPS) is 24.0. The van der Waals surface area contributed by atoms with Crippen LogP contribution < -0.4 is 9.64 Å². The molecular formula is C17H24N4O. The Morgan fingerprint density at radius 2 is 2.05 bits per heavy atom. The zero-order chi connectivity index (χ0) is 15.4. The van der Waals surface area contributed by atoms with Gasteiger partial charge in [0, 0.05) is 11.6 Å². The van der Waals surface area contributed by atoms with Crippen molar-refractivity contribution in [3.8, 4) is 5.75 Å². The minimum Gasteiger partial charge on any atom is -0.483 e. The fraction of sp³-hybridized carbons (Fsp3) is 0.647. The van der Waals surface area contributed by atoms with Gasteiger partial charge in [-0.25, -0.2) is 9.50 Å². The second-order valence-electron chi connectivity index (χ2n) is 7.11. The van der Waals surface area contributed by atoms with Crippen molar-refractivity contribution in [2.24, 2.45) is 0 Å². The molecule has 5 nitrogen and oxygen atoms in total.